The van der Waals surface area contributed by atoms with E-state index in [1.807, 2.05) is 0 Å². The molecular formula is C30H41ClOSi2. The SMILES string of the molecule is CCCCCC[Si](Cl)(CCCCCC)O[Si](c1ccccc1)(c1ccccc1)c1ccccc1. The van der Waals surface area contributed by atoms with Crippen LogP contribution in [0.2, 0.25) is 12.1 Å². The summed E-state index contributed by atoms with van der Waals surface area (Å²) in [5.41, 5.74) is 0. The molecule has 0 fully saturated rings. The maximum absolute atomic E-state index is 7.68. The van der Waals surface area contributed by atoms with E-state index < -0.39 is 15.9 Å². The van der Waals surface area contributed by atoms with Gasteiger partial charge in [-0.2, -0.15) is 0 Å². The lowest BCUT2D eigenvalue weighted by Crippen LogP contribution is -2.72. The van der Waals surface area contributed by atoms with Crippen molar-refractivity contribution in [1.82, 2.24) is 0 Å². The number of unbranched alkanes of at least 4 members (excludes halogenated alkanes) is 6. The van der Waals surface area contributed by atoms with E-state index in [-0.39, 0.29) is 0 Å². The first-order chi connectivity index (χ1) is 16.6. The minimum Gasteiger partial charge on any atom is -0.434 e. The summed E-state index contributed by atoms with van der Waals surface area (Å²) in [6, 6.07) is 34.8. The highest BCUT2D eigenvalue weighted by Crippen LogP contribution is 2.31. The minimum atomic E-state index is -2.77. The smallest absolute Gasteiger partial charge is 0.280 e. The lowest BCUT2D eigenvalue weighted by Gasteiger charge is -2.40. The molecule has 0 aliphatic carbocycles. The van der Waals surface area contributed by atoms with Crippen LogP contribution >= 0.6 is 11.1 Å². The quantitative estimate of drug-likeness (QED) is 0.0892. The van der Waals surface area contributed by atoms with Crippen LogP contribution in [0.5, 0.6) is 0 Å². The molecule has 3 aromatic carbocycles. The van der Waals surface area contributed by atoms with Crippen molar-refractivity contribution in [3.8, 4) is 0 Å². The van der Waals surface area contributed by atoms with Crippen molar-refractivity contribution in [2.75, 3.05) is 0 Å². The average Bonchev–Trinajstić information content (AvgIpc) is 2.89. The van der Waals surface area contributed by atoms with Gasteiger partial charge in [-0.15, -0.1) is 11.1 Å². The van der Waals surface area contributed by atoms with Gasteiger partial charge in [0.1, 0.15) is 0 Å². The van der Waals surface area contributed by atoms with E-state index in [1.54, 1.807) is 0 Å². The molecule has 3 rings (SSSR count). The molecule has 0 saturated carbocycles. The molecule has 0 atom stereocenters. The van der Waals surface area contributed by atoms with Crippen molar-refractivity contribution in [2.24, 2.45) is 0 Å². The molecule has 0 bridgehead atoms. The highest BCUT2D eigenvalue weighted by atomic mass is 35.6. The first kappa shape index (κ1) is 26.9. The Hall–Kier alpha value is -1.66. The Morgan fingerprint density at radius 3 is 1.21 bits per heavy atom. The second-order valence-electron chi connectivity index (χ2n) is 9.39. The Balaban J connectivity index is 2.09. The molecule has 0 spiro atoms. The van der Waals surface area contributed by atoms with Gasteiger partial charge in [-0.1, -0.05) is 156 Å². The standard InChI is InChI=1S/C30H41ClOSi2/c1-3-5-7-18-26-33(31,27-19-8-6-4-2)32-34(28-20-12-9-13-21-28,29-22-14-10-15-23-29)30-24-16-11-17-25-30/h9-17,20-25H,3-8,18-19,26-27H2,1-2H3. The molecule has 0 aromatic heterocycles. The summed E-state index contributed by atoms with van der Waals surface area (Å²) in [4.78, 5) is 0. The first-order valence-electron chi connectivity index (χ1n) is 13.2. The third-order valence-electron chi connectivity index (χ3n) is 6.68. The van der Waals surface area contributed by atoms with Gasteiger partial charge in [0, 0.05) is 0 Å². The normalized spacial score (nSPS) is 12.1. The zero-order valence-electron chi connectivity index (χ0n) is 21.0. The van der Waals surface area contributed by atoms with Gasteiger partial charge in [0.15, 0.2) is 0 Å². The van der Waals surface area contributed by atoms with E-state index >= 15 is 0 Å². The average molecular weight is 509 g/mol. The van der Waals surface area contributed by atoms with Gasteiger partial charge in [-0.25, -0.2) is 0 Å². The van der Waals surface area contributed by atoms with E-state index in [1.165, 1.54) is 66.9 Å². The number of rotatable bonds is 15. The van der Waals surface area contributed by atoms with E-state index in [0.29, 0.717) is 0 Å². The number of hydrogen-bond acceptors (Lipinski definition) is 1. The van der Waals surface area contributed by atoms with Crippen molar-refractivity contribution >= 4 is 42.6 Å². The van der Waals surface area contributed by atoms with Gasteiger partial charge in [0.2, 0.25) is 0 Å². The zero-order valence-corrected chi connectivity index (χ0v) is 23.8. The lowest BCUT2D eigenvalue weighted by molar-refractivity contribution is 0.551. The second kappa shape index (κ2) is 14.0. The van der Waals surface area contributed by atoms with Crippen LogP contribution in [0, 0.1) is 0 Å². The summed E-state index contributed by atoms with van der Waals surface area (Å²) in [5, 5.41) is 3.85. The maximum atomic E-state index is 7.68. The Labute approximate surface area is 214 Å². The molecule has 0 unspecified atom stereocenters. The Bertz CT molecular complexity index is 825. The third kappa shape index (κ3) is 7.18. The van der Waals surface area contributed by atoms with Crippen LogP contribution < -0.4 is 15.6 Å². The highest BCUT2D eigenvalue weighted by molar-refractivity contribution is 7.23. The van der Waals surface area contributed by atoms with Crippen molar-refractivity contribution in [3.05, 3.63) is 91.0 Å². The van der Waals surface area contributed by atoms with Crippen molar-refractivity contribution in [2.45, 2.75) is 77.3 Å². The predicted molar refractivity (Wildman–Crippen MR) is 155 cm³/mol. The van der Waals surface area contributed by atoms with Crippen LogP contribution in [0.15, 0.2) is 91.0 Å². The molecule has 0 aliphatic heterocycles. The van der Waals surface area contributed by atoms with Crippen LogP contribution in [0.4, 0.5) is 0 Å². The van der Waals surface area contributed by atoms with Crippen molar-refractivity contribution in [3.63, 3.8) is 0 Å². The minimum absolute atomic E-state index is 1.03. The Kier molecular flexibility index (Phi) is 11.1. The van der Waals surface area contributed by atoms with Crippen LogP contribution in [-0.4, -0.2) is 15.9 Å². The van der Waals surface area contributed by atoms with Crippen LogP contribution in [-0.2, 0) is 4.12 Å². The van der Waals surface area contributed by atoms with E-state index in [9.17, 15) is 0 Å². The summed E-state index contributed by atoms with van der Waals surface area (Å²) in [5.74, 6) is 0. The molecule has 34 heavy (non-hydrogen) atoms. The molecule has 0 aliphatic rings. The van der Waals surface area contributed by atoms with Gasteiger partial charge in [-0.3, -0.25) is 0 Å². The summed E-state index contributed by atoms with van der Waals surface area (Å²) in [6.07, 6.45) is 9.85. The largest absolute Gasteiger partial charge is 0.434 e. The molecular weight excluding hydrogens is 468 g/mol. The molecule has 0 heterocycles. The molecule has 4 heteroatoms. The molecule has 0 saturated heterocycles. The maximum Gasteiger partial charge on any atom is 0.280 e. The lowest BCUT2D eigenvalue weighted by atomic mass is 10.2. The van der Waals surface area contributed by atoms with E-state index in [2.05, 4.69) is 105 Å². The zero-order chi connectivity index (χ0) is 24.1. The van der Waals surface area contributed by atoms with E-state index in [0.717, 1.165) is 12.1 Å². The summed E-state index contributed by atoms with van der Waals surface area (Å²) in [7, 11) is -5.27. The van der Waals surface area contributed by atoms with Gasteiger partial charge in [0.05, 0.1) is 0 Å². The van der Waals surface area contributed by atoms with Crippen LogP contribution in [0.25, 0.3) is 0 Å². The Morgan fingerprint density at radius 2 is 0.882 bits per heavy atom. The van der Waals surface area contributed by atoms with Crippen molar-refractivity contribution < 1.29 is 4.12 Å². The summed E-state index contributed by atoms with van der Waals surface area (Å²) >= 11 is 7.68. The molecule has 3 aromatic rings. The second-order valence-corrected chi connectivity index (χ2v) is 18.1. The molecule has 1 nitrogen and oxygen atoms in total. The van der Waals surface area contributed by atoms with Gasteiger partial charge < -0.3 is 4.12 Å². The third-order valence-corrected chi connectivity index (χ3v) is 16.8. The fourth-order valence-corrected chi connectivity index (χ4v) is 15.9. The van der Waals surface area contributed by atoms with Crippen LogP contribution in [0.1, 0.15) is 65.2 Å². The Morgan fingerprint density at radius 1 is 0.529 bits per heavy atom. The van der Waals surface area contributed by atoms with Crippen molar-refractivity contribution in [1.29, 1.82) is 0 Å². The first-order valence-corrected chi connectivity index (χ1v) is 18.4. The van der Waals surface area contributed by atoms with Gasteiger partial charge in [-0.05, 0) is 27.6 Å². The molecule has 182 valence electrons. The molecule has 0 amide bonds. The fourth-order valence-electron chi connectivity index (χ4n) is 4.83. The highest BCUT2D eigenvalue weighted by Gasteiger charge is 2.48. The topological polar surface area (TPSA) is 9.23 Å². The van der Waals surface area contributed by atoms with Gasteiger partial charge in [0.25, 0.3) is 15.9 Å². The molecule has 0 radical (unpaired) electrons. The number of hydrogen-bond donors (Lipinski definition) is 0. The molecule has 0 N–H and O–H groups in total. The van der Waals surface area contributed by atoms with Crippen LogP contribution in [0.3, 0.4) is 0 Å². The van der Waals surface area contributed by atoms with Gasteiger partial charge >= 0.3 is 0 Å². The number of halogens is 1. The summed E-state index contributed by atoms with van der Waals surface area (Å²) in [6.45, 7) is 4.54. The fraction of sp³-hybridized carbons (Fsp3) is 0.400. The monoisotopic (exact) mass is 508 g/mol. The predicted octanol–water partition coefficient (Wildman–Crippen LogP) is 7.51. The summed E-state index contributed by atoms with van der Waals surface area (Å²) < 4.78 is 7.59. The van der Waals surface area contributed by atoms with E-state index in [4.69, 9.17) is 15.2 Å². The number of benzene rings is 3.